The molecule has 3 aliphatic heterocycles. The van der Waals surface area contributed by atoms with Crippen LogP contribution in [0.5, 0.6) is 0 Å². The van der Waals surface area contributed by atoms with Crippen molar-refractivity contribution in [2.45, 2.75) is 51.9 Å². The molecule has 5 rings (SSSR count). The van der Waals surface area contributed by atoms with Gasteiger partial charge in [-0.2, -0.15) is 0 Å². The minimum atomic E-state index is -0.652. The average Bonchev–Trinajstić information content (AvgIpc) is 3.13. The Labute approximate surface area is 195 Å². The van der Waals surface area contributed by atoms with Gasteiger partial charge in [0.1, 0.15) is 6.04 Å². The van der Waals surface area contributed by atoms with E-state index in [9.17, 15) is 19.2 Å². The number of aryl methyl sites for hydroxylation is 1. The number of benzene rings is 1. The van der Waals surface area contributed by atoms with Crippen LogP contribution in [-0.4, -0.2) is 51.2 Å². The summed E-state index contributed by atoms with van der Waals surface area (Å²) in [6, 6.07) is 4.27. The molecular formula is C23H25N7O4. The lowest BCUT2D eigenvalue weighted by Crippen LogP contribution is -2.52. The first-order chi connectivity index (χ1) is 16.4. The van der Waals surface area contributed by atoms with Crippen LogP contribution in [0.1, 0.15) is 51.3 Å². The summed E-state index contributed by atoms with van der Waals surface area (Å²) in [5, 5.41) is 11.1. The molecule has 4 heterocycles. The molecule has 3 aliphatic rings. The number of hydrogen-bond acceptors (Lipinski definition) is 7. The van der Waals surface area contributed by atoms with Gasteiger partial charge in [0.25, 0.3) is 5.91 Å². The number of nitrogens with zero attached hydrogens (tertiary/aromatic N) is 3. The number of urea groups is 1. The number of anilines is 1. The molecular weight excluding hydrogens is 438 g/mol. The molecule has 1 aromatic heterocycles. The molecule has 1 aromatic carbocycles. The molecule has 176 valence electrons. The summed E-state index contributed by atoms with van der Waals surface area (Å²) in [6.45, 7) is 4.02. The van der Waals surface area contributed by atoms with Gasteiger partial charge in [-0.25, -0.2) is 14.8 Å². The van der Waals surface area contributed by atoms with Crippen molar-refractivity contribution in [1.82, 2.24) is 30.8 Å². The highest BCUT2D eigenvalue weighted by molar-refractivity contribution is 6.05. The van der Waals surface area contributed by atoms with Gasteiger partial charge in [0.05, 0.1) is 5.69 Å². The fraction of sp³-hybridized carbons (Fsp3) is 0.391. The molecule has 1 saturated heterocycles. The van der Waals surface area contributed by atoms with E-state index in [2.05, 4.69) is 31.2 Å². The predicted octanol–water partition coefficient (Wildman–Crippen LogP) is 0.513. The highest BCUT2D eigenvalue weighted by Gasteiger charge is 2.39. The Morgan fingerprint density at radius 3 is 2.88 bits per heavy atom. The van der Waals surface area contributed by atoms with Gasteiger partial charge < -0.3 is 15.5 Å². The molecule has 0 saturated carbocycles. The molecule has 0 spiro atoms. The largest absolute Gasteiger partial charge is 0.334 e. The zero-order valence-corrected chi connectivity index (χ0v) is 18.7. The maximum atomic E-state index is 12.8. The SMILES string of the molecule is Cc1nc(NC(=O)NCc2ccc3c(c2)CN(C2CCC(=O)NC2=O)C3=O)nc2c1CNCC2. The monoisotopic (exact) mass is 463 g/mol. The van der Waals surface area contributed by atoms with Crippen LogP contribution in [0.15, 0.2) is 18.2 Å². The Hall–Kier alpha value is -3.86. The molecule has 4 N–H and O–H groups in total. The highest BCUT2D eigenvalue weighted by atomic mass is 16.2. The van der Waals surface area contributed by atoms with Crippen LogP contribution in [-0.2, 0) is 35.6 Å². The Kier molecular flexibility index (Phi) is 5.70. The summed E-state index contributed by atoms with van der Waals surface area (Å²) < 4.78 is 0. The molecule has 1 unspecified atom stereocenters. The van der Waals surface area contributed by atoms with Crippen LogP contribution in [0, 0.1) is 6.92 Å². The standard InChI is InChI=1S/C23H25N7O4/c1-12-16-10-24-7-6-17(16)27-22(26-12)29-23(34)25-9-13-2-3-15-14(8-13)11-30(21(15)33)18-4-5-19(31)28-20(18)32/h2-3,8,18,24H,4-7,9-11H2,1H3,(H,28,31,32)(H2,25,26,27,29,34). The van der Waals surface area contributed by atoms with Crippen molar-refractivity contribution in [3.05, 3.63) is 51.8 Å². The van der Waals surface area contributed by atoms with E-state index in [0.717, 1.165) is 47.6 Å². The molecule has 0 radical (unpaired) electrons. The van der Waals surface area contributed by atoms with Gasteiger partial charge in [0.15, 0.2) is 0 Å². The second kappa shape index (κ2) is 8.82. The molecule has 11 heteroatoms. The van der Waals surface area contributed by atoms with Gasteiger partial charge in [-0.3, -0.25) is 25.0 Å². The summed E-state index contributed by atoms with van der Waals surface area (Å²) in [5.41, 5.74) is 5.01. The Morgan fingerprint density at radius 2 is 2.06 bits per heavy atom. The first-order valence-corrected chi connectivity index (χ1v) is 11.3. The van der Waals surface area contributed by atoms with Gasteiger partial charge in [-0.1, -0.05) is 12.1 Å². The van der Waals surface area contributed by atoms with E-state index in [4.69, 9.17) is 0 Å². The number of rotatable bonds is 4. The molecule has 2 aromatic rings. The van der Waals surface area contributed by atoms with E-state index in [1.807, 2.05) is 13.0 Å². The fourth-order valence-corrected chi connectivity index (χ4v) is 4.63. The molecule has 0 aliphatic carbocycles. The summed E-state index contributed by atoms with van der Waals surface area (Å²) >= 11 is 0. The number of aromatic nitrogens is 2. The van der Waals surface area contributed by atoms with Crippen molar-refractivity contribution >= 4 is 29.7 Å². The number of hydrogen-bond donors (Lipinski definition) is 4. The second-order valence-electron chi connectivity index (χ2n) is 8.68. The van der Waals surface area contributed by atoms with Gasteiger partial charge in [0.2, 0.25) is 17.8 Å². The maximum absolute atomic E-state index is 12.8. The topological polar surface area (TPSA) is 145 Å². The van der Waals surface area contributed by atoms with E-state index >= 15 is 0 Å². The van der Waals surface area contributed by atoms with Crippen molar-refractivity contribution < 1.29 is 19.2 Å². The van der Waals surface area contributed by atoms with Crippen molar-refractivity contribution in [2.75, 3.05) is 11.9 Å². The lowest BCUT2D eigenvalue weighted by Gasteiger charge is -2.29. The third kappa shape index (κ3) is 4.21. The lowest BCUT2D eigenvalue weighted by atomic mass is 10.0. The number of nitrogens with one attached hydrogen (secondary N) is 4. The molecule has 1 atom stereocenters. The zero-order chi connectivity index (χ0) is 23.8. The first-order valence-electron chi connectivity index (χ1n) is 11.3. The average molecular weight is 463 g/mol. The first kappa shape index (κ1) is 22.0. The third-order valence-electron chi connectivity index (χ3n) is 6.41. The Morgan fingerprint density at radius 1 is 1.21 bits per heavy atom. The smallest absolute Gasteiger partial charge is 0.321 e. The van der Waals surface area contributed by atoms with E-state index in [1.165, 1.54) is 4.90 Å². The van der Waals surface area contributed by atoms with Gasteiger partial charge in [-0.15, -0.1) is 0 Å². The molecule has 34 heavy (non-hydrogen) atoms. The van der Waals surface area contributed by atoms with E-state index in [0.29, 0.717) is 12.0 Å². The van der Waals surface area contributed by atoms with E-state index in [-0.39, 0.29) is 37.3 Å². The number of piperidine rings is 1. The molecule has 11 nitrogen and oxygen atoms in total. The van der Waals surface area contributed by atoms with Crippen LogP contribution in [0.2, 0.25) is 0 Å². The minimum Gasteiger partial charge on any atom is -0.334 e. The summed E-state index contributed by atoms with van der Waals surface area (Å²) in [7, 11) is 0. The second-order valence-corrected chi connectivity index (χ2v) is 8.68. The van der Waals surface area contributed by atoms with Crippen LogP contribution in [0.25, 0.3) is 0 Å². The number of carbonyl (C=O) groups excluding carboxylic acids is 4. The fourth-order valence-electron chi connectivity index (χ4n) is 4.63. The molecule has 0 bridgehead atoms. The van der Waals surface area contributed by atoms with Crippen LogP contribution >= 0.6 is 0 Å². The van der Waals surface area contributed by atoms with Gasteiger partial charge >= 0.3 is 6.03 Å². The predicted molar refractivity (Wildman–Crippen MR) is 121 cm³/mol. The van der Waals surface area contributed by atoms with Gasteiger partial charge in [0, 0.05) is 55.8 Å². The maximum Gasteiger partial charge on any atom is 0.321 e. The number of carbonyl (C=O) groups is 4. The summed E-state index contributed by atoms with van der Waals surface area (Å²) in [5.74, 6) is -0.705. The molecule has 1 fully saturated rings. The Bertz CT molecular complexity index is 1210. The Balaban J connectivity index is 1.21. The van der Waals surface area contributed by atoms with Gasteiger partial charge in [-0.05, 0) is 30.5 Å². The molecule has 5 amide bonds. The quantitative estimate of drug-likeness (QED) is 0.484. The zero-order valence-electron chi connectivity index (χ0n) is 18.7. The van der Waals surface area contributed by atoms with Crippen LogP contribution in [0.3, 0.4) is 0 Å². The van der Waals surface area contributed by atoms with Crippen LogP contribution < -0.4 is 21.3 Å². The highest BCUT2D eigenvalue weighted by Crippen LogP contribution is 2.28. The number of amides is 5. The van der Waals surface area contributed by atoms with Crippen LogP contribution in [0.4, 0.5) is 10.7 Å². The number of imide groups is 1. The summed E-state index contributed by atoms with van der Waals surface area (Å²) in [6.07, 6.45) is 1.32. The number of fused-ring (bicyclic) bond motifs is 2. The third-order valence-corrected chi connectivity index (χ3v) is 6.41. The lowest BCUT2D eigenvalue weighted by molar-refractivity contribution is -0.136. The van der Waals surface area contributed by atoms with Crippen molar-refractivity contribution in [3.63, 3.8) is 0 Å². The van der Waals surface area contributed by atoms with Crippen molar-refractivity contribution in [3.8, 4) is 0 Å². The summed E-state index contributed by atoms with van der Waals surface area (Å²) in [4.78, 5) is 59.2. The van der Waals surface area contributed by atoms with Crippen molar-refractivity contribution in [1.29, 1.82) is 0 Å². The minimum absolute atomic E-state index is 0.213. The normalized spacial score (nSPS) is 19.4. The van der Waals surface area contributed by atoms with E-state index < -0.39 is 18.0 Å². The van der Waals surface area contributed by atoms with Crippen molar-refractivity contribution in [2.24, 2.45) is 0 Å². The van der Waals surface area contributed by atoms with E-state index in [1.54, 1.807) is 12.1 Å².